The number of thioether (sulfide) groups is 1. The quantitative estimate of drug-likeness (QED) is 0.609. The summed E-state index contributed by atoms with van der Waals surface area (Å²) in [6.07, 6.45) is 2.08. The molecule has 0 amide bonds. The van der Waals surface area contributed by atoms with Crippen LogP contribution in [0.2, 0.25) is 0 Å². The lowest BCUT2D eigenvalue weighted by Crippen LogP contribution is -2.40. The minimum Gasteiger partial charge on any atom is -0.378 e. The lowest BCUT2D eigenvalue weighted by molar-refractivity contribution is 0.0684. The third-order valence-corrected chi connectivity index (χ3v) is 4.86. The minimum atomic E-state index is 0.798. The Balaban J connectivity index is 1.99. The van der Waals surface area contributed by atoms with E-state index in [1.807, 2.05) is 11.8 Å². The molecule has 0 N–H and O–H groups in total. The van der Waals surface area contributed by atoms with E-state index in [2.05, 4.69) is 36.1 Å². The summed E-state index contributed by atoms with van der Waals surface area (Å²) < 4.78 is 5.37. The summed E-state index contributed by atoms with van der Waals surface area (Å²) in [5.41, 5.74) is 1.36. The van der Waals surface area contributed by atoms with Gasteiger partial charge in [0.25, 0.3) is 0 Å². The van der Waals surface area contributed by atoms with Crippen molar-refractivity contribution in [1.29, 1.82) is 0 Å². The summed E-state index contributed by atoms with van der Waals surface area (Å²) in [7, 11) is 0. The maximum atomic E-state index is 5.59. The predicted molar refractivity (Wildman–Crippen MR) is 86.2 cm³/mol. The van der Waals surface area contributed by atoms with Gasteiger partial charge in [-0.05, 0) is 23.8 Å². The maximum absolute atomic E-state index is 5.59. The SMILES string of the molecule is CCCSc1ccccc1CC(=S)N1CCOCC1. The van der Waals surface area contributed by atoms with Crippen molar-refractivity contribution in [2.24, 2.45) is 0 Å². The molecule has 0 unspecified atom stereocenters. The average Bonchev–Trinajstić information content (AvgIpc) is 2.47. The Kier molecular flexibility index (Phi) is 6.14. The van der Waals surface area contributed by atoms with Crippen LogP contribution >= 0.6 is 24.0 Å². The first-order valence-electron chi connectivity index (χ1n) is 6.87. The van der Waals surface area contributed by atoms with E-state index < -0.39 is 0 Å². The second-order valence-electron chi connectivity index (χ2n) is 4.63. The molecule has 2 nitrogen and oxygen atoms in total. The van der Waals surface area contributed by atoms with E-state index in [4.69, 9.17) is 17.0 Å². The van der Waals surface area contributed by atoms with E-state index in [-0.39, 0.29) is 0 Å². The van der Waals surface area contributed by atoms with Gasteiger partial charge in [-0.3, -0.25) is 0 Å². The Morgan fingerprint density at radius 1 is 1.32 bits per heavy atom. The molecule has 1 aliphatic heterocycles. The molecular weight excluding hydrogens is 274 g/mol. The van der Waals surface area contributed by atoms with Crippen LogP contribution in [0.3, 0.4) is 0 Å². The van der Waals surface area contributed by atoms with Crippen LogP contribution in [0.1, 0.15) is 18.9 Å². The number of hydrogen-bond acceptors (Lipinski definition) is 3. The number of rotatable bonds is 5. The Morgan fingerprint density at radius 2 is 2.05 bits per heavy atom. The molecule has 19 heavy (non-hydrogen) atoms. The van der Waals surface area contributed by atoms with E-state index >= 15 is 0 Å². The van der Waals surface area contributed by atoms with Crippen LogP contribution in [0.5, 0.6) is 0 Å². The first kappa shape index (κ1) is 14.8. The summed E-state index contributed by atoms with van der Waals surface area (Å²) in [6.45, 7) is 5.68. The fraction of sp³-hybridized carbons (Fsp3) is 0.533. The Labute approximate surface area is 125 Å². The van der Waals surface area contributed by atoms with Gasteiger partial charge in [0.05, 0.1) is 18.2 Å². The van der Waals surface area contributed by atoms with Crippen LogP contribution < -0.4 is 0 Å². The molecule has 1 saturated heterocycles. The molecule has 0 saturated carbocycles. The van der Waals surface area contributed by atoms with Crippen molar-refractivity contribution < 1.29 is 4.74 Å². The molecule has 0 radical (unpaired) electrons. The van der Waals surface area contributed by atoms with Crippen molar-refractivity contribution in [2.45, 2.75) is 24.7 Å². The molecule has 0 aromatic heterocycles. The first-order valence-corrected chi connectivity index (χ1v) is 8.27. The van der Waals surface area contributed by atoms with Gasteiger partial charge in [-0.25, -0.2) is 0 Å². The lowest BCUT2D eigenvalue weighted by Gasteiger charge is -2.29. The zero-order valence-corrected chi connectivity index (χ0v) is 13.1. The van der Waals surface area contributed by atoms with Crippen molar-refractivity contribution >= 4 is 29.0 Å². The predicted octanol–water partition coefficient (Wildman–Crippen LogP) is 3.39. The molecule has 2 rings (SSSR count). The van der Waals surface area contributed by atoms with Crippen molar-refractivity contribution in [3.63, 3.8) is 0 Å². The van der Waals surface area contributed by atoms with Crippen molar-refractivity contribution in [3.8, 4) is 0 Å². The van der Waals surface area contributed by atoms with E-state index in [1.165, 1.54) is 22.6 Å². The highest BCUT2D eigenvalue weighted by Crippen LogP contribution is 2.24. The first-order chi connectivity index (χ1) is 9.31. The zero-order valence-electron chi connectivity index (χ0n) is 11.4. The van der Waals surface area contributed by atoms with Crippen LogP contribution in [0.15, 0.2) is 29.2 Å². The van der Waals surface area contributed by atoms with Gasteiger partial charge in [0.2, 0.25) is 0 Å². The fourth-order valence-corrected chi connectivity index (χ4v) is 3.35. The van der Waals surface area contributed by atoms with Gasteiger partial charge in [-0.2, -0.15) is 0 Å². The smallest absolute Gasteiger partial charge is 0.0825 e. The summed E-state index contributed by atoms with van der Waals surface area (Å²) in [4.78, 5) is 4.70. The molecule has 4 heteroatoms. The number of hydrogen-bond donors (Lipinski definition) is 0. The highest BCUT2D eigenvalue weighted by atomic mass is 32.2. The summed E-state index contributed by atoms with van der Waals surface area (Å²) >= 11 is 7.52. The van der Waals surface area contributed by atoms with Gasteiger partial charge >= 0.3 is 0 Å². The van der Waals surface area contributed by atoms with Crippen molar-refractivity contribution in [2.75, 3.05) is 32.1 Å². The van der Waals surface area contributed by atoms with Gasteiger partial charge in [0.15, 0.2) is 0 Å². The molecule has 0 aliphatic carbocycles. The minimum absolute atomic E-state index is 0.798. The lowest BCUT2D eigenvalue weighted by atomic mass is 10.1. The van der Waals surface area contributed by atoms with Crippen LogP contribution in [-0.2, 0) is 11.2 Å². The largest absolute Gasteiger partial charge is 0.378 e. The number of ether oxygens (including phenoxy) is 1. The third-order valence-electron chi connectivity index (χ3n) is 3.14. The van der Waals surface area contributed by atoms with E-state index in [0.29, 0.717) is 0 Å². The average molecular weight is 295 g/mol. The second kappa shape index (κ2) is 7.88. The third kappa shape index (κ3) is 4.48. The number of thiocarbonyl (C=S) groups is 1. The molecule has 1 heterocycles. The van der Waals surface area contributed by atoms with E-state index in [0.717, 1.165) is 37.7 Å². The summed E-state index contributed by atoms with van der Waals surface area (Å²) in [6, 6.07) is 8.62. The van der Waals surface area contributed by atoms with E-state index in [9.17, 15) is 0 Å². The van der Waals surface area contributed by atoms with Crippen LogP contribution in [-0.4, -0.2) is 41.9 Å². The monoisotopic (exact) mass is 295 g/mol. The molecule has 0 atom stereocenters. The molecule has 0 bridgehead atoms. The van der Waals surface area contributed by atoms with Crippen LogP contribution in [0, 0.1) is 0 Å². The highest BCUT2D eigenvalue weighted by Gasteiger charge is 2.15. The van der Waals surface area contributed by atoms with Crippen molar-refractivity contribution in [1.82, 2.24) is 4.90 Å². The highest BCUT2D eigenvalue weighted by molar-refractivity contribution is 7.99. The molecule has 104 valence electrons. The Hall–Kier alpha value is -0.580. The standard InChI is InChI=1S/C15H21NOS2/c1-2-11-19-14-6-4-3-5-13(14)12-15(18)16-7-9-17-10-8-16/h3-6H,2,7-12H2,1H3. The summed E-state index contributed by atoms with van der Waals surface area (Å²) in [5.74, 6) is 1.17. The number of benzene rings is 1. The topological polar surface area (TPSA) is 12.5 Å². The number of morpholine rings is 1. The fourth-order valence-electron chi connectivity index (χ4n) is 2.09. The molecule has 1 fully saturated rings. The molecule has 1 aromatic rings. The Bertz CT molecular complexity index is 416. The summed E-state index contributed by atoms with van der Waals surface area (Å²) in [5, 5.41) is 0. The second-order valence-corrected chi connectivity index (χ2v) is 6.23. The van der Waals surface area contributed by atoms with Gasteiger partial charge in [-0.15, -0.1) is 11.8 Å². The molecule has 1 aromatic carbocycles. The normalized spacial score (nSPS) is 15.5. The van der Waals surface area contributed by atoms with Gasteiger partial charge in [-0.1, -0.05) is 37.3 Å². The van der Waals surface area contributed by atoms with Crippen LogP contribution in [0.4, 0.5) is 0 Å². The molecular formula is C15H21NOS2. The van der Waals surface area contributed by atoms with Crippen LogP contribution in [0.25, 0.3) is 0 Å². The van der Waals surface area contributed by atoms with Crippen molar-refractivity contribution in [3.05, 3.63) is 29.8 Å². The zero-order chi connectivity index (χ0) is 13.5. The molecule has 0 spiro atoms. The Morgan fingerprint density at radius 3 is 2.79 bits per heavy atom. The van der Waals surface area contributed by atoms with E-state index in [1.54, 1.807) is 0 Å². The number of nitrogens with zero attached hydrogens (tertiary/aromatic N) is 1. The van der Waals surface area contributed by atoms with Gasteiger partial charge < -0.3 is 9.64 Å². The van der Waals surface area contributed by atoms with Gasteiger partial charge in [0.1, 0.15) is 0 Å². The maximum Gasteiger partial charge on any atom is 0.0825 e. The molecule has 1 aliphatic rings. The van der Waals surface area contributed by atoms with Gasteiger partial charge in [0, 0.05) is 24.4 Å².